The number of hydrogen-bond acceptors (Lipinski definition) is 9. The van der Waals surface area contributed by atoms with E-state index in [9.17, 15) is 5.11 Å². The molecule has 0 saturated carbocycles. The SMILES string of the molecule is CNCC(O)COc1cccc(-c2nc(NC3CCOC3)c(C)c(-c3c(C)ncnc3C)n2)c1. The molecule has 1 aromatic carbocycles. The van der Waals surface area contributed by atoms with Gasteiger partial charge in [-0.15, -0.1) is 0 Å². The average molecular weight is 465 g/mol. The van der Waals surface area contributed by atoms with Crippen LogP contribution in [0.4, 0.5) is 5.82 Å². The number of nitrogens with one attached hydrogen (secondary N) is 2. The Morgan fingerprint density at radius 2 is 1.97 bits per heavy atom. The number of aliphatic hydroxyl groups is 1. The first-order chi connectivity index (χ1) is 16.5. The molecule has 2 atom stereocenters. The van der Waals surface area contributed by atoms with Crippen molar-refractivity contribution in [1.29, 1.82) is 0 Å². The minimum absolute atomic E-state index is 0.193. The van der Waals surface area contributed by atoms with Gasteiger partial charge >= 0.3 is 0 Å². The van der Waals surface area contributed by atoms with Gasteiger partial charge in [-0.05, 0) is 46.4 Å². The van der Waals surface area contributed by atoms with Crippen LogP contribution in [-0.4, -0.2) is 70.6 Å². The summed E-state index contributed by atoms with van der Waals surface area (Å²) in [6.45, 7) is 8.00. The molecular formula is C25H32N6O3. The Morgan fingerprint density at radius 3 is 2.68 bits per heavy atom. The quantitative estimate of drug-likeness (QED) is 0.440. The van der Waals surface area contributed by atoms with Crippen LogP contribution in [0.15, 0.2) is 30.6 Å². The first-order valence-electron chi connectivity index (χ1n) is 11.5. The number of anilines is 1. The highest BCUT2D eigenvalue weighted by atomic mass is 16.5. The van der Waals surface area contributed by atoms with E-state index < -0.39 is 6.10 Å². The van der Waals surface area contributed by atoms with E-state index >= 15 is 0 Å². The molecule has 1 aliphatic heterocycles. The van der Waals surface area contributed by atoms with Crippen molar-refractivity contribution in [3.8, 4) is 28.4 Å². The number of benzene rings is 1. The van der Waals surface area contributed by atoms with Crippen molar-refractivity contribution in [3.05, 3.63) is 47.5 Å². The van der Waals surface area contributed by atoms with E-state index in [2.05, 4.69) is 20.6 Å². The Hall–Kier alpha value is -3.14. The van der Waals surface area contributed by atoms with E-state index in [1.165, 1.54) is 0 Å². The number of likely N-dealkylation sites (N-methyl/N-ethyl adjacent to an activating group) is 1. The molecule has 34 heavy (non-hydrogen) atoms. The van der Waals surface area contributed by atoms with E-state index in [1.807, 2.05) is 45.0 Å². The van der Waals surface area contributed by atoms with Crippen LogP contribution in [0.3, 0.4) is 0 Å². The van der Waals surface area contributed by atoms with E-state index in [1.54, 1.807) is 13.4 Å². The molecule has 0 aliphatic carbocycles. The molecule has 1 aliphatic rings. The molecule has 0 spiro atoms. The van der Waals surface area contributed by atoms with Crippen LogP contribution in [0, 0.1) is 20.8 Å². The second kappa shape index (κ2) is 10.9. The third-order valence-electron chi connectivity index (χ3n) is 5.85. The van der Waals surface area contributed by atoms with E-state index in [0.29, 0.717) is 24.7 Å². The Balaban J connectivity index is 1.74. The predicted octanol–water partition coefficient (Wildman–Crippen LogP) is 2.69. The lowest BCUT2D eigenvalue weighted by molar-refractivity contribution is 0.108. The maximum atomic E-state index is 9.97. The van der Waals surface area contributed by atoms with Gasteiger partial charge < -0.3 is 25.2 Å². The molecule has 3 aromatic rings. The average Bonchev–Trinajstić information content (AvgIpc) is 3.33. The van der Waals surface area contributed by atoms with Crippen LogP contribution in [0.25, 0.3) is 22.6 Å². The number of hydrogen-bond donors (Lipinski definition) is 3. The summed E-state index contributed by atoms with van der Waals surface area (Å²) in [5.74, 6) is 1.99. The van der Waals surface area contributed by atoms with Gasteiger partial charge in [0, 0.05) is 29.8 Å². The fourth-order valence-electron chi connectivity index (χ4n) is 4.02. The van der Waals surface area contributed by atoms with Gasteiger partial charge in [-0.2, -0.15) is 0 Å². The van der Waals surface area contributed by atoms with Crippen LogP contribution >= 0.6 is 0 Å². The molecule has 1 fully saturated rings. The van der Waals surface area contributed by atoms with E-state index in [-0.39, 0.29) is 12.6 Å². The fraction of sp³-hybridized carbons (Fsp3) is 0.440. The molecule has 180 valence electrons. The van der Waals surface area contributed by atoms with Gasteiger partial charge in [0.05, 0.1) is 29.7 Å². The number of nitrogens with zero attached hydrogens (tertiary/aromatic N) is 4. The molecule has 3 heterocycles. The van der Waals surface area contributed by atoms with Crippen LogP contribution in [-0.2, 0) is 4.74 Å². The number of aryl methyl sites for hydroxylation is 2. The summed E-state index contributed by atoms with van der Waals surface area (Å²) in [4.78, 5) is 18.6. The molecule has 4 rings (SSSR count). The van der Waals surface area contributed by atoms with Crippen molar-refractivity contribution >= 4 is 5.82 Å². The van der Waals surface area contributed by atoms with Gasteiger partial charge in [-0.1, -0.05) is 12.1 Å². The first-order valence-corrected chi connectivity index (χ1v) is 11.5. The standard InChI is InChI=1S/C25H32N6O3/c1-15-23(22-16(2)27-14-28-17(22)3)30-25(31-24(15)29-19-8-9-33-12-19)18-6-5-7-21(10-18)34-13-20(32)11-26-4/h5-7,10,14,19-20,26,32H,8-9,11-13H2,1-4H3,(H,29,30,31). The third-order valence-corrected chi connectivity index (χ3v) is 5.85. The van der Waals surface area contributed by atoms with Crippen molar-refractivity contribution in [1.82, 2.24) is 25.3 Å². The van der Waals surface area contributed by atoms with Crippen molar-refractivity contribution in [2.24, 2.45) is 0 Å². The van der Waals surface area contributed by atoms with Gasteiger partial charge in [-0.3, -0.25) is 0 Å². The molecule has 1 saturated heterocycles. The summed E-state index contributed by atoms with van der Waals surface area (Å²) >= 11 is 0. The molecule has 0 bridgehead atoms. The summed E-state index contributed by atoms with van der Waals surface area (Å²) in [6, 6.07) is 7.81. The smallest absolute Gasteiger partial charge is 0.162 e. The van der Waals surface area contributed by atoms with Crippen molar-refractivity contribution in [2.45, 2.75) is 39.3 Å². The number of aromatic nitrogens is 4. The normalized spacial score (nSPS) is 16.4. The van der Waals surface area contributed by atoms with Gasteiger partial charge in [0.1, 0.15) is 30.6 Å². The second-order valence-corrected chi connectivity index (χ2v) is 8.54. The molecule has 2 aromatic heterocycles. The number of aliphatic hydroxyl groups excluding tert-OH is 1. The largest absolute Gasteiger partial charge is 0.491 e. The summed E-state index contributed by atoms with van der Waals surface area (Å²) < 4.78 is 11.3. The second-order valence-electron chi connectivity index (χ2n) is 8.54. The van der Waals surface area contributed by atoms with Crippen molar-refractivity contribution < 1.29 is 14.6 Å². The van der Waals surface area contributed by atoms with Crippen LogP contribution in [0.1, 0.15) is 23.4 Å². The monoisotopic (exact) mass is 464 g/mol. The Labute approximate surface area is 200 Å². The zero-order chi connectivity index (χ0) is 24.1. The maximum Gasteiger partial charge on any atom is 0.162 e. The Morgan fingerprint density at radius 1 is 1.18 bits per heavy atom. The molecule has 2 unspecified atom stereocenters. The zero-order valence-corrected chi connectivity index (χ0v) is 20.1. The lowest BCUT2D eigenvalue weighted by Crippen LogP contribution is -2.29. The Bertz CT molecular complexity index is 1110. The lowest BCUT2D eigenvalue weighted by Gasteiger charge is -2.19. The van der Waals surface area contributed by atoms with Gasteiger partial charge in [-0.25, -0.2) is 19.9 Å². The molecule has 9 nitrogen and oxygen atoms in total. The topological polar surface area (TPSA) is 114 Å². The molecule has 0 radical (unpaired) electrons. The summed E-state index contributed by atoms with van der Waals surface area (Å²) in [5, 5.41) is 16.5. The summed E-state index contributed by atoms with van der Waals surface area (Å²) in [5.41, 5.74) is 5.21. The molecule has 9 heteroatoms. The fourth-order valence-corrected chi connectivity index (χ4v) is 4.02. The van der Waals surface area contributed by atoms with E-state index in [0.717, 1.165) is 52.6 Å². The van der Waals surface area contributed by atoms with Gasteiger partial charge in [0.25, 0.3) is 0 Å². The zero-order valence-electron chi connectivity index (χ0n) is 20.1. The van der Waals surface area contributed by atoms with Crippen molar-refractivity contribution in [3.63, 3.8) is 0 Å². The van der Waals surface area contributed by atoms with E-state index in [4.69, 9.17) is 19.4 Å². The minimum atomic E-state index is -0.593. The third kappa shape index (κ3) is 5.49. The first kappa shape index (κ1) is 24.0. The number of rotatable bonds is 9. The maximum absolute atomic E-state index is 9.97. The van der Waals surface area contributed by atoms with Crippen molar-refractivity contribution in [2.75, 3.05) is 38.7 Å². The predicted molar refractivity (Wildman–Crippen MR) is 131 cm³/mol. The van der Waals surface area contributed by atoms with Gasteiger partial charge in [0.2, 0.25) is 0 Å². The molecule has 0 amide bonds. The van der Waals surface area contributed by atoms with Crippen LogP contribution < -0.4 is 15.4 Å². The molecular weight excluding hydrogens is 432 g/mol. The highest BCUT2D eigenvalue weighted by Gasteiger charge is 2.22. The minimum Gasteiger partial charge on any atom is -0.491 e. The number of ether oxygens (including phenoxy) is 2. The highest BCUT2D eigenvalue weighted by Crippen LogP contribution is 2.33. The lowest BCUT2D eigenvalue weighted by atomic mass is 10.0. The summed E-state index contributed by atoms with van der Waals surface area (Å²) in [7, 11) is 1.79. The summed E-state index contributed by atoms with van der Waals surface area (Å²) in [6.07, 6.45) is 1.91. The van der Waals surface area contributed by atoms with Crippen LogP contribution in [0.5, 0.6) is 5.75 Å². The van der Waals surface area contributed by atoms with Gasteiger partial charge in [0.15, 0.2) is 5.82 Å². The molecule has 3 N–H and O–H groups in total. The Kier molecular flexibility index (Phi) is 7.66. The van der Waals surface area contributed by atoms with Crippen LogP contribution in [0.2, 0.25) is 0 Å². The highest BCUT2D eigenvalue weighted by molar-refractivity contribution is 5.74.